The first kappa shape index (κ1) is 13.9. The Morgan fingerprint density at radius 3 is 2.42 bits per heavy atom. The maximum atomic E-state index is 4.53. The Morgan fingerprint density at radius 1 is 1.11 bits per heavy atom. The van der Waals surface area contributed by atoms with Crippen molar-refractivity contribution in [3.8, 4) is 0 Å². The Balaban J connectivity index is 2.19. The van der Waals surface area contributed by atoms with E-state index in [4.69, 9.17) is 0 Å². The summed E-state index contributed by atoms with van der Waals surface area (Å²) in [6.45, 7) is 6.26. The lowest BCUT2D eigenvalue weighted by atomic mass is 10.1. The fourth-order valence-corrected chi connectivity index (χ4v) is 2.12. The van der Waals surface area contributed by atoms with Gasteiger partial charge in [-0.1, -0.05) is 13.8 Å². The van der Waals surface area contributed by atoms with Gasteiger partial charge in [0.2, 0.25) is 0 Å². The lowest BCUT2D eigenvalue weighted by Crippen LogP contribution is -2.10. The highest BCUT2D eigenvalue weighted by molar-refractivity contribution is 9.10. The Labute approximate surface area is 121 Å². The molecule has 2 aromatic heterocycles. The van der Waals surface area contributed by atoms with E-state index < -0.39 is 0 Å². The summed E-state index contributed by atoms with van der Waals surface area (Å²) in [5, 5.41) is 3.39. The molecule has 4 nitrogen and oxygen atoms in total. The number of aromatic nitrogens is 3. The molecule has 0 aliphatic heterocycles. The molecule has 0 fully saturated rings. The molecule has 0 saturated heterocycles. The van der Waals surface area contributed by atoms with Crippen molar-refractivity contribution < 1.29 is 0 Å². The summed E-state index contributed by atoms with van der Waals surface area (Å²) in [4.78, 5) is 12.9. The van der Waals surface area contributed by atoms with Gasteiger partial charge in [-0.25, -0.2) is 9.97 Å². The number of hydrogen-bond acceptors (Lipinski definition) is 4. The molecule has 0 aromatic carbocycles. The minimum atomic E-state index is 0.171. The summed E-state index contributed by atoms with van der Waals surface area (Å²) in [5.41, 5.74) is 1.18. The summed E-state index contributed by atoms with van der Waals surface area (Å²) in [5.74, 6) is 1.96. The van der Waals surface area contributed by atoms with Gasteiger partial charge in [-0.05, 0) is 40.5 Å². The summed E-state index contributed by atoms with van der Waals surface area (Å²) in [6, 6.07) is 6.06. The van der Waals surface area contributed by atoms with Gasteiger partial charge < -0.3 is 5.32 Å². The molecule has 0 radical (unpaired) electrons. The van der Waals surface area contributed by atoms with Crippen LogP contribution in [0.3, 0.4) is 0 Å². The SMILES string of the molecule is CC(C)c1nc(Br)cc(NC(C)c2ccncc2)n1. The second-order valence-corrected chi connectivity index (χ2v) is 5.55. The molecular weight excluding hydrogens is 304 g/mol. The largest absolute Gasteiger partial charge is 0.363 e. The van der Waals surface area contributed by atoms with Gasteiger partial charge in [0.15, 0.2) is 0 Å². The Morgan fingerprint density at radius 2 is 1.79 bits per heavy atom. The predicted molar refractivity (Wildman–Crippen MR) is 80.1 cm³/mol. The molecule has 5 heteroatoms. The van der Waals surface area contributed by atoms with Crippen molar-refractivity contribution in [3.05, 3.63) is 46.6 Å². The summed E-state index contributed by atoms with van der Waals surface area (Å²) in [6.07, 6.45) is 3.59. The first-order valence-electron chi connectivity index (χ1n) is 6.27. The Hall–Kier alpha value is -1.49. The van der Waals surface area contributed by atoms with Crippen LogP contribution >= 0.6 is 15.9 Å². The van der Waals surface area contributed by atoms with E-state index in [-0.39, 0.29) is 6.04 Å². The van der Waals surface area contributed by atoms with Crippen molar-refractivity contribution in [1.29, 1.82) is 0 Å². The average molecular weight is 321 g/mol. The van der Waals surface area contributed by atoms with E-state index in [1.807, 2.05) is 18.2 Å². The van der Waals surface area contributed by atoms with Crippen LogP contribution in [0.5, 0.6) is 0 Å². The molecule has 1 N–H and O–H groups in total. The third-order valence-corrected chi connectivity index (χ3v) is 3.21. The van der Waals surface area contributed by atoms with Crippen molar-refractivity contribution in [2.24, 2.45) is 0 Å². The van der Waals surface area contributed by atoms with E-state index in [9.17, 15) is 0 Å². The lowest BCUT2D eigenvalue weighted by molar-refractivity contribution is 0.763. The average Bonchev–Trinajstić information content (AvgIpc) is 2.39. The van der Waals surface area contributed by atoms with Gasteiger partial charge in [-0.2, -0.15) is 0 Å². The third-order valence-electron chi connectivity index (χ3n) is 2.80. The minimum absolute atomic E-state index is 0.171. The number of halogens is 1. The first-order valence-corrected chi connectivity index (χ1v) is 7.06. The van der Waals surface area contributed by atoms with Crippen molar-refractivity contribution >= 4 is 21.7 Å². The van der Waals surface area contributed by atoms with Crippen LogP contribution in [0, 0.1) is 0 Å². The Bertz CT molecular complexity index is 542. The van der Waals surface area contributed by atoms with Crippen LogP contribution in [-0.2, 0) is 0 Å². The van der Waals surface area contributed by atoms with Gasteiger partial charge in [0, 0.05) is 24.4 Å². The van der Waals surface area contributed by atoms with Crippen molar-refractivity contribution in [2.75, 3.05) is 5.32 Å². The van der Waals surface area contributed by atoms with Gasteiger partial charge in [0.25, 0.3) is 0 Å². The maximum Gasteiger partial charge on any atom is 0.134 e. The van der Waals surface area contributed by atoms with Crippen LogP contribution in [0.25, 0.3) is 0 Å². The standard InChI is InChI=1S/C14H17BrN4/c1-9(2)14-18-12(15)8-13(19-14)17-10(3)11-4-6-16-7-5-11/h4-10H,1-3H3,(H,17,18,19). The van der Waals surface area contributed by atoms with Crippen LogP contribution in [0.4, 0.5) is 5.82 Å². The zero-order valence-corrected chi connectivity index (χ0v) is 12.8. The van der Waals surface area contributed by atoms with Crippen molar-refractivity contribution in [3.63, 3.8) is 0 Å². The maximum absolute atomic E-state index is 4.53. The monoisotopic (exact) mass is 320 g/mol. The quantitative estimate of drug-likeness (QED) is 0.867. The molecule has 0 amide bonds. The minimum Gasteiger partial charge on any atom is -0.363 e. The lowest BCUT2D eigenvalue weighted by Gasteiger charge is -2.16. The first-order chi connectivity index (χ1) is 9.06. The number of nitrogens with zero attached hydrogens (tertiary/aromatic N) is 3. The molecule has 19 heavy (non-hydrogen) atoms. The Kier molecular flexibility index (Phi) is 4.47. The van der Waals surface area contributed by atoms with Gasteiger partial charge in [-0.3, -0.25) is 4.98 Å². The fraction of sp³-hybridized carbons (Fsp3) is 0.357. The topological polar surface area (TPSA) is 50.7 Å². The van der Waals surface area contributed by atoms with E-state index >= 15 is 0 Å². The second-order valence-electron chi connectivity index (χ2n) is 4.74. The molecule has 1 unspecified atom stereocenters. The van der Waals surface area contributed by atoms with E-state index in [0.717, 1.165) is 16.2 Å². The van der Waals surface area contributed by atoms with E-state index in [2.05, 4.69) is 57.0 Å². The highest BCUT2D eigenvalue weighted by atomic mass is 79.9. The molecule has 0 spiro atoms. The van der Waals surface area contributed by atoms with Crippen LogP contribution < -0.4 is 5.32 Å². The molecule has 100 valence electrons. The van der Waals surface area contributed by atoms with Gasteiger partial charge in [0.1, 0.15) is 16.2 Å². The molecule has 2 rings (SSSR count). The highest BCUT2D eigenvalue weighted by Crippen LogP contribution is 2.21. The number of hydrogen-bond donors (Lipinski definition) is 1. The molecule has 2 aromatic rings. The fourth-order valence-electron chi connectivity index (χ4n) is 1.72. The molecule has 0 aliphatic carbocycles. The number of nitrogens with one attached hydrogen (secondary N) is 1. The third kappa shape index (κ3) is 3.73. The zero-order valence-electron chi connectivity index (χ0n) is 11.3. The van der Waals surface area contributed by atoms with Crippen LogP contribution in [-0.4, -0.2) is 15.0 Å². The van der Waals surface area contributed by atoms with Crippen molar-refractivity contribution in [2.45, 2.75) is 32.7 Å². The summed E-state index contributed by atoms with van der Waals surface area (Å²) >= 11 is 3.43. The summed E-state index contributed by atoms with van der Waals surface area (Å²) in [7, 11) is 0. The highest BCUT2D eigenvalue weighted by Gasteiger charge is 2.10. The van der Waals surface area contributed by atoms with Crippen LogP contribution in [0.2, 0.25) is 0 Å². The zero-order chi connectivity index (χ0) is 13.8. The van der Waals surface area contributed by atoms with Crippen molar-refractivity contribution in [1.82, 2.24) is 15.0 Å². The molecular formula is C14H17BrN4. The van der Waals surface area contributed by atoms with Gasteiger partial charge in [-0.15, -0.1) is 0 Å². The molecule has 0 saturated carbocycles. The molecule has 0 aliphatic rings. The van der Waals surface area contributed by atoms with E-state index in [1.165, 1.54) is 5.56 Å². The number of pyridine rings is 1. The summed E-state index contributed by atoms with van der Waals surface area (Å²) < 4.78 is 0.802. The van der Waals surface area contributed by atoms with Crippen LogP contribution in [0.15, 0.2) is 35.2 Å². The predicted octanol–water partition coefficient (Wildman–Crippen LogP) is 3.93. The molecule has 2 heterocycles. The second kappa shape index (κ2) is 6.10. The normalized spacial score (nSPS) is 12.5. The molecule has 0 bridgehead atoms. The number of anilines is 1. The van der Waals surface area contributed by atoms with Crippen LogP contribution in [0.1, 0.15) is 44.1 Å². The molecule has 1 atom stereocenters. The van der Waals surface area contributed by atoms with E-state index in [1.54, 1.807) is 12.4 Å². The number of rotatable bonds is 4. The smallest absolute Gasteiger partial charge is 0.134 e. The van der Waals surface area contributed by atoms with Gasteiger partial charge >= 0.3 is 0 Å². The van der Waals surface area contributed by atoms with Gasteiger partial charge in [0.05, 0.1) is 6.04 Å². The van der Waals surface area contributed by atoms with E-state index in [0.29, 0.717) is 5.92 Å².